The van der Waals surface area contributed by atoms with Gasteiger partial charge in [0.25, 0.3) is 0 Å². The number of unbranched alkanes of at least 4 members (excludes halogenated alkanes) is 4. The summed E-state index contributed by atoms with van der Waals surface area (Å²) >= 11 is 0. The van der Waals surface area contributed by atoms with Crippen LogP contribution in [0, 0.1) is 0 Å². The van der Waals surface area contributed by atoms with Crippen molar-refractivity contribution in [3.05, 3.63) is 0 Å². The molecule has 0 saturated carbocycles. The molecule has 0 amide bonds. The summed E-state index contributed by atoms with van der Waals surface area (Å²) in [6.07, 6.45) is 8.17. The van der Waals surface area contributed by atoms with Crippen molar-refractivity contribution in [3.8, 4) is 0 Å². The van der Waals surface area contributed by atoms with Crippen LogP contribution in [-0.4, -0.2) is 116 Å². The number of aliphatic imine (C=N–C) groups is 1. The fourth-order valence-electron chi connectivity index (χ4n) is 4.52. The monoisotopic (exact) mass is 453 g/mol. The summed E-state index contributed by atoms with van der Waals surface area (Å²) < 4.78 is 0. The lowest BCUT2D eigenvalue weighted by Gasteiger charge is -2.38. The highest BCUT2D eigenvalue weighted by atomic mass is 15.2. The molecule has 188 valence electrons. The second-order valence-corrected chi connectivity index (χ2v) is 9.44. The lowest BCUT2D eigenvalue weighted by atomic mass is 9.97. The van der Waals surface area contributed by atoms with E-state index in [2.05, 4.69) is 54.6 Å². The second-order valence-electron chi connectivity index (χ2n) is 9.44. The maximum atomic E-state index is 4.07. The van der Waals surface area contributed by atoms with Crippen LogP contribution in [0.4, 0.5) is 0 Å². The fraction of sp³-hybridized carbons (Fsp3) is 0.957. The summed E-state index contributed by atoms with van der Waals surface area (Å²) in [5.41, 5.74) is 0.0285. The van der Waals surface area contributed by atoms with Crippen molar-refractivity contribution in [1.82, 2.24) is 42.5 Å². The van der Waals surface area contributed by atoms with E-state index < -0.39 is 0 Å². The summed E-state index contributed by atoms with van der Waals surface area (Å²) in [6, 6.07) is 0. The molecule has 0 aromatic heterocycles. The van der Waals surface area contributed by atoms with Crippen LogP contribution in [0.2, 0.25) is 0 Å². The average molecular weight is 454 g/mol. The largest absolute Gasteiger partial charge is 0.314 e. The molecule has 0 atom stereocenters. The van der Waals surface area contributed by atoms with Gasteiger partial charge in [0.05, 0.1) is 11.1 Å². The molecule has 3 heterocycles. The fourth-order valence-corrected chi connectivity index (χ4v) is 4.52. The van der Waals surface area contributed by atoms with Crippen LogP contribution in [0.5, 0.6) is 0 Å². The minimum absolute atomic E-state index is 0.0117. The molecule has 2 bridgehead atoms. The molecule has 3 saturated heterocycles. The van der Waals surface area contributed by atoms with E-state index in [0.717, 1.165) is 91.5 Å². The van der Waals surface area contributed by atoms with Gasteiger partial charge in [-0.2, -0.15) is 0 Å². The van der Waals surface area contributed by atoms with Gasteiger partial charge in [-0.15, -0.1) is 0 Å². The minimum Gasteiger partial charge on any atom is -0.314 e. The van der Waals surface area contributed by atoms with Gasteiger partial charge in [-0.25, -0.2) is 0 Å². The molecule has 8 N–H and O–H groups in total. The van der Waals surface area contributed by atoms with Gasteiger partial charge in [-0.05, 0) is 39.1 Å². The zero-order valence-corrected chi connectivity index (χ0v) is 20.8. The van der Waals surface area contributed by atoms with E-state index in [1.165, 1.54) is 25.7 Å². The van der Waals surface area contributed by atoms with Gasteiger partial charge in [-0.1, -0.05) is 12.8 Å². The van der Waals surface area contributed by atoms with Crippen molar-refractivity contribution in [1.29, 1.82) is 0 Å². The van der Waals surface area contributed by atoms with E-state index >= 15 is 0 Å². The molecule has 3 aliphatic rings. The first-order valence-corrected chi connectivity index (χ1v) is 12.8. The smallest absolute Gasteiger partial charge is 0.0558 e. The molecule has 9 nitrogen and oxygen atoms in total. The van der Waals surface area contributed by atoms with Crippen molar-refractivity contribution >= 4 is 6.21 Å². The van der Waals surface area contributed by atoms with Gasteiger partial charge in [0.15, 0.2) is 0 Å². The van der Waals surface area contributed by atoms with E-state index in [4.69, 9.17) is 0 Å². The number of rotatable bonds is 9. The number of likely N-dealkylation sites (N-methyl/N-ethyl adjacent to an activating group) is 1. The Bertz CT molecular complexity index is 443. The Morgan fingerprint density at radius 1 is 0.656 bits per heavy atom. The first-order chi connectivity index (χ1) is 15.7. The van der Waals surface area contributed by atoms with Gasteiger partial charge < -0.3 is 47.5 Å². The van der Waals surface area contributed by atoms with Crippen LogP contribution in [-0.2, 0) is 0 Å². The molecule has 9 heteroatoms. The third-order valence-electron chi connectivity index (χ3n) is 6.69. The summed E-state index contributed by atoms with van der Waals surface area (Å²) in [6.45, 7) is 12.6. The molecule has 0 radical (unpaired) electrons. The average Bonchev–Trinajstić information content (AvgIpc) is 2.81. The van der Waals surface area contributed by atoms with Crippen molar-refractivity contribution in [3.63, 3.8) is 0 Å². The molecule has 3 aliphatic heterocycles. The van der Waals surface area contributed by atoms with E-state index in [9.17, 15) is 0 Å². The summed E-state index contributed by atoms with van der Waals surface area (Å²) in [5.74, 6) is 0. The molecule has 0 unspecified atom stereocenters. The Morgan fingerprint density at radius 2 is 1.09 bits per heavy atom. The molecule has 3 fully saturated rings. The Kier molecular flexibility index (Phi) is 14.6. The maximum Gasteiger partial charge on any atom is 0.0558 e. The molecule has 3 rings (SSSR count). The number of hydrogen-bond acceptors (Lipinski definition) is 9. The maximum absolute atomic E-state index is 4.07. The highest BCUT2D eigenvalue weighted by Gasteiger charge is 2.30. The van der Waals surface area contributed by atoms with Gasteiger partial charge in [0.2, 0.25) is 0 Å². The number of nitrogens with one attached hydrogen (secondary N) is 8. The molecule has 0 aromatic carbocycles. The van der Waals surface area contributed by atoms with Crippen LogP contribution in [0.1, 0.15) is 32.1 Å². The summed E-state index contributed by atoms with van der Waals surface area (Å²) in [4.78, 5) is 4.07. The molecular formula is C23H51N9. The van der Waals surface area contributed by atoms with Crippen molar-refractivity contribution in [2.24, 2.45) is 4.99 Å². The topological polar surface area (TPSA) is 109 Å². The highest BCUT2D eigenvalue weighted by molar-refractivity contribution is 5.56. The van der Waals surface area contributed by atoms with Gasteiger partial charge in [0, 0.05) is 85.6 Å². The number of nitrogens with zero attached hydrogens (tertiary/aromatic N) is 1. The molecule has 0 aromatic rings. The Morgan fingerprint density at radius 3 is 1.53 bits per heavy atom. The Balaban J connectivity index is 1.93. The zero-order valence-electron chi connectivity index (χ0n) is 20.8. The summed E-state index contributed by atoms with van der Waals surface area (Å²) in [5, 5.41) is 29.7. The Labute approximate surface area is 196 Å². The Hall–Kier alpha value is -0.650. The van der Waals surface area contributed by atoms with Crippen LogP contribution in [0.15, 0.2) is 4.99 Å². The van der Waals surface area contributed by atoms with Crippen molar-refractivity contribution in [2.45, 2.75) is 43.2 Å². The lowest BCUT2D eigenvalue weighted by molar-refractivity contribution is 0.260. The highest BCUT2D eigenvalue weighted by Crippen LogP contribution is 2.06. The minimum atomic E-state index is 0.0117. The van der Waals surface area contributed by atoms with E-state index in [0.29, 0.717) is 0 Å². The standard InChI is InChI=1S/C23H51N9/c1-24-8-6-4-3-5-7-9-32-23-19-29-13-10-26-16-22(25-2,17-27-11-14-30-20-23)18-28-12-15-31-21-23/h8,25-32H,3-7,9-21H2,1-2H3. The van der Waals surface area contributed by atoms with Crippen LogP contribution in [0.3, 0.4) is 0 Å². The third-order valence-corrected chi connectivity index (χ3v) is 6.69. The quantitative estimate of drug-likeness (QED) is 0.157. The third kappa shape index (κ3) is 11.0. The lowest BCUT2D eigenvalue weighted by Crippen LogP contribution is -2.66. The molecule has 0 spiro atoms. The SMILES string of the molecule is CN=CCCCCCCNC12CNCCNCC(NC)(CNCCNC1)CNCCNC2. The van der Waals surface area contributed by atoms with Crippen LogP contribution in [0.25, 0.3) is 0 Å². The van der Waals surface area contributed by atoms with Crippen molar-refractivity contribution < 1.29 is 0 Å². The van der Waals surface area contributed by atoms with Gasteiger partial charge >= 0.3 is 0 Å². The molecule has 0 aliphatic carbocycles. The number of fused-ring (bicyclic) bond motifs is 15. The van der Waals surface area contributed by atoms with E-state index in [-0.39, 0.29) is 11.1 Å². The predicted octanol–water partition coefficient (Wildman–Crippen LogP) is -1.51. The van der Waals surface area contributed by atoms with E-state index in [1.807, 2.05) is 13.3 Å². The van der Waals surface area contributed by atoms with Crippen LogP contribution >= 0.6 is 0 Å². The van der Waals surface area contributed by atoms with Gasteiger partial charge in [-0.3, -0.25) is 0 Å². The zero-order chi connectivity index (χ0) is 22.8. The first kappa shape index (κ1) is 27.6. The van der Waals surface area contributed by atoms with Crippen LogP contribution < -0.4 is 42.5 Å². The van der Waals surface area contributed by atoms with Gasteiger partial charge in [0.1, 0.15) is 0 Å². The predicted molar refractivity (Wildman–Crippen MR) is 137 cm³/mol. The number of hydrogen-bond donors (Lipinski definition) is 8. The van der Waals surface area contributed by atoms with E-state index in [1.54, 1.807) is 0 Å². The first-order valence-electron chi connectivity index (χ1n) is 12.8. The summed E-state index contributed by atoms with van der Waals surface area (Å²) in [7, 11) is 3.93. The molecule has 32 heavy (non-hydrogen) atoms. The second kappa shape index (κ2) is 16.9. The molecular weight excluding hydrogens is 402 g/mol. The van der Waals surface area contributed by atoms with Crippen molar-refractivity contribution in [2.75, 3.05) is 99.2 Å². The normalized spacial score (nSPS) is 29.7.